The third-order valence-corrected chi connectivity index (χ3v) is 4.62. The Hall–Kier alpha value is -2.07. The number of aliphatic hydroxyl groups is 1. The molecule has 0 bridgehead atoms. The number of halogens is 2. The number of aliphatic hydroxyl groups excluding tert-OH is 1. The van der Waals surface area contributed by atoms with Crippen LogP contribution >= 0.6 is 23.2 Å². The highest BCUT2D eigenvalue weighted by atomic mass is 35.5. The van der Waals surface area contributed by atoms with E-state index in [1.165, 1.54) is 11.5 Å². The van der Waals surface area contributed by atoms with E-state index in [0.717, 1.165) is 4.57 Å². The van der Waals surface area contributed by atoms with Crippen LogP contribution in [0.2, 0.25) is 10.0 Å². The zero-order valence-corrected chi connectivity index (χ0v) is 14.4. The molecule has 0 saturated carbocycles. The third-order valence-electron chi connectivity index (χ3n) is 3.76. The van der Waals surface area contributed by atoms with E-state index in [9.17, 15) is 14.9 Å². The van der Waals surface area contributed by atoms with Crippen LogP contribution in [0.15, 0.2) is 27.8 Å². The predicted molar refractivity (Wildman–Crippen MR) is 91.7 cm³/mol. The van der Waals surface area contributed by atoms with Gasteiger partial charge in [0.05, 0.1) is 23.2 Å². The highest BCUT2D eigenvalue weighted by Crippen LogP contribution is 2.25. The van der Waals surface area contributed by atoms with Crippen molar-refractivity contribution in [1.82, 2.24) is 9.13 Å². The summed E-state index contributed by atoms with van der Waals surface area (Å²) in [5.74, 6) is 0. The maximum absolute atomic E-state index is 12.5. The highest BCUT2D eigenvalue weighted by molar-refractivity contribution is 6.42. The van der Waals surface area contributed by atoms with Gasteiger partial charge in [0.25, 0.3) is 5.56 Å². The lowest BCUT2D eigenvalue weighted by atomic mass is 10.1. The molecule has 6 nitrogen and oxygen atoms in total. The molecule has 2 aromatic rings. The molecule has 0 aliphatic heterocycles. The van der Waals surface area contributed by atoms with Gasteiger partial charge < -0.3 is 5.11 Å². The molecule has 2 rings (SSSR count). The molecular formula is C16H15Cl2N3O3. The van der Waals surface area contributed by atoms with E-state index in [2.05, 4.69) is 0 Å². The molecular weight excluding hydrogens is 353 g/mol. The molecule has 8 heteroatoms. The second kappa shape index (κ2) is 7.67. The quantitative estimate of drug-likeness (QED) is 0.871. The van der Waals surface area contributed by atoms with Crippen molar-refractivity contribution in [2.75, 3.05) is 6.61 Å². The Balaban J connectivity index is 2.49. The summed E-state index contributed by atoms with van der Waals surface area (Å²) in [7, 11) is 0. The van der Waals surface area contributed by atoms with Gasteiger partial charge in [-0.3, -0.25) is 13.9 Å². The summed E-state index contributed by atoms with van der Waals surface area (Å²) < 4.78 is 2.21. The molecule has 0 amide bonds. The molecule has 0 unspecified atom stereocenters. The summed E-state index contributed by atoms with van der Waals surface area (Å²) in [6, 6.07) is 6.96. The Morgan fingerprint density at radius 1 is 1.21 bits per heavy atom. The fourth-order valence-corrected chi connectivity index (χ4v) is 2.88. The summed E-state index contributed by atoms with van der Waals surface area (Å²) in [6.45, 7) is 1.30. The minimum Gasteiger partial charge on any atom is -0.395 e. The van der Waals surface area contributed by atoms with E-state index in [0.29, 0.717) is 22.0 Å². The average Bonchev–Trinajstić information content (AvgIpc) is 2.55. The zero-order chi connectivity index (χ0) is 17.9. The molecule has 1 N–H and O–H groups in total. The number of benzene rings is 1. The molecule has 0 fully saturated rings. The first-order chi connectivity index (χ1) is 11.4. The number of nitriles is 1. The Bertz CT molecular complexity index is 926. The van der Waals surface area contributed by atoms with Gasteiger partial charge in [0.2, 0.25) is 0 Å². The van der Waals surface area contributed by atoms with E-state index in [1.807, 2.05) is 6.07 Å². The lowest BCUT2D eigenvalue weighted by Gasteiger charge is -2.14. The van der Waals surface area contributed by atoms with Gasteiger partial charge in [-0.05, 0) is 25.0 Å². The maximum atomic E-state index is 12.5. The monoisotopic (exact) mass is 367 g/mol. The summed E-state index contributed by atoms with van der Waals surface area (Å²) in [5.41, 5.74) is -0.377. The van der Waals surface area contributed by atoms with Gasteiger partial charge in [-0.2, -0.15) is 5.26 Å². The van der Waals surface area contributed by atoms with Gasteiger partial charge in [-0.25, -0.2) is 4.79 Å². The van der Waals surface area contributed by atoms with E-state index in [1.54, 1.807) is 18.2 Å². The van der Waals surface area contributed by atoms with Crippen molar-refractivity contribution in [3.05, 3.63) is 65.9 Å². The Labute approximate surface area is 148 Å². The van der Waals surface area contributed by atoms with Crippen LogP contribution in [0.25, 0.3) is 0 Å². The topological polar surface area (TPSA) is 88.0 Å². The van der Waals surface area contributed by atoms with Crippen LogP contribution in [0.4, 0.5) is 0 Å². The van der Waals surface area contributed by atoms with Crippen LogP contribution in [0.3, 0.4) is 0 Å². The number of nitrogens with zero attached hydrogens (tertiary/aromatic N) is 3. The molecule has 0 atom stereocenters. The summed E-state index contributed by atoms with van der Waals surface area (Å²) in [6.07, 6.45) is 0.307. The van der Waals surface area contributed by atoms with Crippen LogP contribution < -0.4 is 11.2 Å². The SMILES string of the molecule is Cc1c(C#N)c(=O)n(CCc2cccc(Cl)c2Cl)c(=O)n1CCO. The zero-order valence-electron chi connectivity index (χ0n) is 12.9. The summed E-state index contributed by atoms with van der Waals surface area (Å²) >= 11 is 12.1. The second-order valence-corrected chi connectivity index (χ2v) is 5.93. The van der Waals surface area contributed by atoms with Gasteiger partial charge in [0.1, 0.15) is 11.6 Å². The van der Waals surface area contributed by atoms with Crippen molar-refractivity contribution >= 4 is 23.2 Å². The number of hydrogen-bond acceptors (Lipinski definition) is 4. The first-order valence-corrected chi connectivity index (χ1v) is 7.96. The van der Waals surface area contributed by atoms with Crippen molar-refractivity contribution in [1.29, 1.82) is 5.26 Å². The van der Waals surface area contributed by atoms with Crippen molar-refractivity contribution in [2.24, 2.45) is 0 Å². The molecule has 0 aliphatic carbocycles. The van der Waals surface area contributed by atoms with Gasteiger partial charge >= 0.3 is 5.69 Å². The van der Waals surface area contributed by atoms with Crippen molar-refractivity contribution in [3.8, 4) is 6.07 Å². The van der Waals surface area contributed by atoms with E-state index in [4.69, 9.17) is 28.3 Å². The van der Waals surface area contributed by atoms with Gasteiger partial charge in [-0.15, -0.1) is 0 Å². The van der Waals surface area contributed by atoms with Gasteiger partial charge in [0, 0.05) is 12.2 Å². The average molecular weight is 368 g/mol. The lowest BCUT2D eigenvalue weighted by molar-refractivity contribution is 0.270. The van der Waals surface area contributed by atoms with Crippen molar-refractivity contribution in [2.45, 2.75) is 26.4 Å². The van der Waals surface area contributed by atoms with Crippen molar-refractivity contribution < 1.29 is 5.11 Å². The normalized spacial score (nSPS) is 10.6. The van der Waals surface area contributed by atoms with Crippen LogP contribution in [0.5, 0.6) is 0 Å². The fourth-order valence-electron chi connectivity index (χ4n) is 2.46. The molecule has 1 aromatic heterocycles. The number of aryl methyl sites for hydroxylation is 1. The van der Waals surface area contributed by atoms with Crippen molar-refractivity contribution in [3.63, 3.8) is 0 Å². The van der Waals surface area contributed by atoms with E-state index < -0.39 is 11.2 Å². The van der Waals surface area contributed by atoms with E-state index in [-0.39, 0.29) is 31.0 Å². The molecule has 0 radical (unpaired) electrons. The molecule has 0 aliphatic rings. The number of aromatic nitrogens is 2. The molecule has 0 spiro atoms. The molecule has 1 heterocycles. The number of hydrogen-bond donors (Lipinski definition) is 1. The van der Waals surface area contributed by atoms with Gasteiger partial charge in [-0.1, -0.05) is 35.3 Å². The largest absolute Gasteiger partial charge is 0.395 e. The summed E-state index contributed by atoms with van der Waals surface area (Å²) in [4.78, 5) is 24.9. The molecule has 24 heavy (non-hydrogen) atoms. The van der Waals surface area contributed by atoms with Crippen LogP contribution in [0.1, 0.15) is 16.8 Å². The molecule has 126 valence electrons. The first-order valence-electron chi connectivity index (χ1n) is 7.20. The first kappa shape index (κ1) is 18.3. The van der Waals surface area contributed by atoms with Crippen LogP contribution in [0, 0.1) is 18.3 Å². The number of rotatable bonds is 5. The standard InChI is InChI=1S/C16H15Cl2N3O3/c1-10-12(9-19)15(23)21(16(24)20(10)7-8-22)6-5-11-3-2-4-13(17)14(11)18/h2-4,22H,5-8H2,1H3. The third kappa shape index (κ3) is 3.39. The molecule has 0 saturated heterocycles. The minimum atomic E-state index is -0.646. The van der Waals surface area contributed by atoms with Crippen LogP contribution in [-0.4, -0.2) is 20.8 Å². The molecule has 1 aromatic carbocycles. The highest BCUT2D eigenvalue weighted by Gasteiger charge is 2.16. The summed E-state index contributed by atoms with van der Waals surface area (Å²) in [5, 5.41) is 19.1. The Morgan fingerprint density at radius 3 is 2.54 bits per heavy atom. The van der Waals surface area contributed by atoms with E-state index >= 15 is 0 Å². The minimum absolute atomic E-state index is 0.0115. The fraction of sp³-hybridized carbons (Fsp3) is 0.312. The van der Waals surface area contributed by atoms with Gasteiger partial charge in [0.15, 0.2) is 0 Å². The maximum Gasteiger partial charge on any atom is 0.331 e. The Kier molecular flexibility index (Phi) is 5.84. The second-order valence-electron chi connectivity index (χ2n) is 5.15. The predicted octanol–water partition coefficient (Wildman–Crippen LogP) is 1.73. The lowest BCUT2D eigenvalue weighted by Crippen LogP contribution is -2.43. The smallest absolute Gasteiger partial charge is 0.331 e. The Morgan fingerprint density at radius 2 is 1.92 bits per heavy atom. The van der Waals surface area contributed by atoms with Crippen LogP contribution in [-0.2, 0) is 19.5 Å².